The second-order valence-corrected chi connectivity index (χ2v) is 4.45. The van der Waals surface area contributed by atoms with Crippen LogP contribution in [0.1, 0.15) is 29.5 Å². The van der Waals surface area contributed by atoms with Crippen molar-refractivity contribution in [3.05, 3.63) is 21.5 Å². The number of carbonyl (C=O) groups excluding carboxylic acids is 1. The van der Waals surface area contributed by atoms with Crippen LogP contribution in [0.2, 0.25) is 0 Å². The predicted molar refractivity (Wildman–Crippen MR) is 68.0 cm³/mol. The van der Waals surface area contributed by atoms with E-state index in [4.69, 9.17) is 0 Å². The van der Waals surface area contributed by atoms with Crippen molar-refractivity contribution in [3.8, 4) is 0 Å². The predicted octanol–water partition coefficient (Wildman–Crippen LogP) is 0.316. The molecule has 0 aromatic carbocycles. The fourth-order valence-electron chi connectivity index (χ4n) is 2.16. The van der Waals surface area contributed by atoms with Crippen LogP contribution in [0.4, 0.5) is 5.69 Å². The van der Waals surface area contributed by atoms with Crippen molar-refractivity contribution in [1.82, 2.24) is 20.4 Å². The van der Waals surface area contributed by atoms with Gasteiger partial charge >= 0.3 is 5.69 Å². The molecule has 8 heteroatoms. The van der Waals surface area contributed by atoms with Crippen LogP contribution in [0, 0.1) is 10.1 Å². The topological polar surface area (TPSA) is 104 Å². The van der Waals surface area contributed by atoms with Gasteiger partial charge in [-0.25, -0.2) is 0 Å². The number of aromatic nitrogens is 2. The molecule has 8 nitrogen and oxygen atoms in total. The molecule has 0 bridgehead atoms. The molecule has 1 aromatic rings. The van der Waals surface area contributed by atoms with Crippen LogP contribution >= 0.6 is 0 Å². The summed E-state index contributed by atoms with van der Waals surface area (Å²) in [7, 11) is 0. The third kappa shape index (κ3) is 2.73. The molecule has 1 aromatic heterocycles. The molecule has 1 fully saturated rings. The molecule has 0 atom stereocenters. The van der Waals surface area contributed by atoms with Gasteiger partial charge < -0.3 is 10.2 Å². The van der Waals surface area contributed by atoms with Gasteiger partial charge in [0.25, 0.3) is 5.91 Å². The molecule has 1 aliphatic rings. The van der Waals surface area contributed by atoms with Gasteiger partial charge in [-0.3, -0.25) is 20.0 Å². The Kier molecular flexibility index (Phi) is 4.10. The van der Waals surface area contributed by atoms with E-state index in [1.54, 1.807) is 4.90 Å². The number of nitrogens with one attached hydrogen (secondary N) is 2. The average molecular weight is 267 g/mol. The fourth-order valence-corrected chi connectivity index (χ4v) is 2.16. The number of rotatable bonds is 4. The Hall–Kier alpha value is -1.96. The van der Waals surface area contributed by atoms with Gasteiger partial charge in [-0.2, -0.15) is 5.10 Å². The zero-order chi connectivity index (χ0) is 13.8. The van der Waals surface area contributed by atoms with Gasteiger partial charge in [0.2, 0.25) is 5.69 Å². The number of nitro groups is 1. The molecule has 104 valence electrons. The summed E-state index contributed by atoms with van der Waals surface area (Å²) in [4.78, 5) is 24.5. The minimum absolute atomic E-state index is 0.0737. The van der Waals surface area contributed by atoms with Crippen LogP contribution in [0.25, 0.3) is 0 Å². The second-order valence-electron chi connectivity index (χ2n) is 4.45. The molecule has 0 spiro atoms. The van der Waals surface area contributed by atoms with Crippen molar-refractivity contribution in [2.45, 2.75) is 19.8 Å². The normalized spacial score (nSPS) is 15.5. The Morgan fingerprint density at radius 1 is 1.47 bits per heavy atom. The molecule has 2 heterocycles. The molecule has 19 heavy (non-hydrogen) atoms. The molecule has 0 aliphatic carbocycles. The minimum Gasteiger partial charge on any atom is -0.334 e. The quantitative estimate of drug-likeness (QED) is 0.603. The first-order valence-electron chi connectivity index (χ1n) is 6.36. The first kappa shape index (κ1) is 13.5. The summed E-state index contributed by atoms with van der Waals surface area (Å²) in [6.45, 7) is 4.41. The Balaban J connectivity index is 2.27. The van der Waals surface area contributed by atoms with Crippen molar-refractivity contribution in [2.24, 2.45) is 0 Å². The number of aromatic amines is 1. The number of amides is 1. The standard InChI is InChI=1S/C11H17N5O3/c1-2-3-8-10(16(18)19)9(14-13-8)11(17)15-6-4-12-5-7-15/h12H,2-7H2,1H3,(H,13,14). The van der Waals surface area contributed by atoms with E-state index in [0.29, 0.717) is 38.3 Å². The van der Waals surface area contributed by atoms with Gasteiger partial charge in [-0.05, 0) is 6.42 Å². The average Bonchev–Trinajstić information content (AvgIpc) is 2.83. The van der Waals surface area contributed by atoms with Crippen LogP contribution in [0.15, 0.2) is 0 Å². The zero-order valence-electron chi connectivity index (χ0n) is 10.8. The summed E-state index contributed by atoms with van der Waals surface area (Å²) in [6.07, 6.45) is 1.27. The van der Waals surface area contributed by atoms with Gasteiger partial charge in [0, 0.05) is 26.2 Å². The van der Waals surface area contributed by atoms with Crippen LogP contribution in [0.5, 0.6) is 0 Å². The highest BCUT2D eigenvalue weighted by molar-refractivity contribution is 5.96. The summed E-state index contributed by atoms with van der Waals surface area (Å²) < 4.78 is 0. The lowest BCUT2D eigenvalue weighted by atomic mass is 10.2. The summed E-state index contributed by atoms with van der Waals surface area (Å²) >= 11 is 0. The number of carbonyl (C=O) groups is 1. The Labute approximate surface area is 110 Å². The third-order valence-corrected chi connectivity index (χ3v) is 3.10. The zero-order valence-corrected chi connectivity index (χ0v) is 10.8. The second kappa shape index (κ2) is 5.79. The number of nitrogens with zero attached hydrogens (tertiary/aromatic N) is 3. The molecule has 0 unspecified atom stereocenters. The molecular weight excluding hydrogens is 250 g/mol. The lowest BCUT2D eigenvalue weighted by molar-refractivity contribution is -0.385. The molecule has 0 radical (unpaired) electrons. The monoisotopic (exact) mass is 267 g/mol. The molecule has 2 rings (SSSR count). The highest BCUT2D eigenvalue weighted by atomic mass is 16.6. The lowest BCUT2D eigenvalue weighted by Gasteiger charge is -2.26. The number of aryl methyl sites for hydroxylation is 1. The number of H-pyrrole nitrogens is 1. The lowest BCUT2D eigenvalue weighted by Crippen LogP contribution is -2.46. The van der Waals surface area contributed by atoms with E-state index in [9.17, 15) is 14.9 Å². The number of piperazine rings is 1. The summed E-state index contributed by atoms with van der Waals surface area (Å²) in [5.74, 6) is -0.369. The van der Waals surface area contributed by atoms with E-state index >= 15 is 0 Å². The minimum atomic E-state index is -0.524. The van der Waals surface area contributed by atoms with E-state index in [-0.39, 0.29) is 17.3 Å². The summed E-state index contributed by atoms with van der Waals surface area (Å²) in [5, 5.41) is 20.7. The van der Waals surface area contributed by atoms with Crippen molar-refractivity contribution in [1.29, 1.82) is 0 Å². The van der Waals surface area contributed by atoms with Crippen LogP contribution in [-0.2, 0) is 6.42 Å². The van der Waals surface area contributed by atoms with Crippen molar-refractivity contribution < 1.29 is 9.72 Å². The molecule has 0 saturated carbocycles. The SMILES string of the molecule is CCCc1[nH]nc(C(=O)N2CCNCC2)c1[N+](=O)[O-]. The maximum absolute atomic E-state index is 12.3. The van der Waals surface area contributed by atoms with Gasteiger partial charge in [0.05, 0.1) is 4.92 Å². The van der Waals surface area contributed by atoms with Crippen LogP contribution in [-0.4, -0.2) is 52.1 Å². The molecule has 1 aliphatic heterocycles. The van der Waals surface area contributed by atoms with Crippen LogP contribution in [0.3, 0.4) is 0 Å². The third-order valence-electron chi connectivity index (χ3n) is 3.10. The molecule has 2 N–H and O–H groups in total. The highest BCUT2D eigenvalue weighted by Crippen LogP contribution is 2.23. The van der Waals surface area contributed by atoms with Crippen molar-refractivity contribution in [2.75, 3.05) is 26.2 Å². The summed E-state index contributed by atoms with van der Waals surface area (Å²) in [6, 6.07) is 0. The van der Waals surface area contributed by atoms with E-state index in [1.807, 2.05) is 6.92 Å². The van der Waals surface area contributed by atoms with Gasteiger partial charge in [0.15, 0.2) is 0 Å². The van der Waals surface area contributed by atoms with Gasteiger partial charge in [-0.1, -0.05) is 13.3 Å². The van der Waals surface area contributed by atoms with Gasteiger partial charge in [-0.15, -0.1) is 0 Å². The van der Waals surface area contributed by atoms with Crippen molar-refractivity contribution >= 4 is 11.6 Å². The number of hydrogen-bond donors (Lipinski definition) is 2. The molecular formula is C11H17N5O3. The maximum Gasteiger partial charge on any atom is 0.322 e. The van der Waals surface area contributed by atoms with Crippen LogP contribution < -0.4 is 5.32 Å². The fraction of sp³-hybridized carbons (Fsp3) is 0.636. The Morgan fingerprint density at radius 2 is 2.16 bits per heavy atom. The summed E-state index contributed by atoms with van der Waals surface area (Å²) in [5.41, 5.74) is 0.173. The largest absolute Gasteiger partial charge is 0.334 e. The Bertz CT molecular complexity index is 479. The van der Waals surface area contributed by atoms with Crippen molar-refractivity contribution in [3.63, 3.8) is 0 Å². The van der Waals surface area contributed by atoms with E-state index in [0.717, 1.165) is 6.42 Å². The smallest absolute Gasteiger partial charge is 0.322 e. The van der Waals surface area contributed by atoms with Gasteiger partial charge in [0.1, 0.15) is 5.69 Å². The molecule has 1 saturated heterocycles. The van der Waals surface area contributed by atoms with E-state index < -0.39 is 4.92 Å². The first-order valence-corrected chi connectivity index (χ1v) is 6.36. The molecule has 1 amide bonds. The maximum atomic E-state index is 12.3. The first-order chi connectivity index (χ1) is 9.15. The highest BCUT2D eigenvalue weighted by Gasteiger charge is 2.31. The number of hydrogen-bond acceptors (Lipinski definition) is 5. The van der Waals surface area contributed by atoms with E-state index in [1.165, 1.54) is 0 Å². The Morgan fingerprint density at radius 3 is 2.74 bits per heavy atom. The van der Waals surface area contributed by atoms with E-state index in [2.05, 4.69) is 15.5 Å².